The summed E-state index contributed by atoms with van der Waals surface area (Å²) in [4.78, 5) is 10.5. The number of unbranched alkanes of at least 4 members (excludes halogenated alkanes) is 1. The molecule has 0 aliphatic heterocycles. The molecule has 1 aliphatic rings. The molecule has 1 fully saturated rings. The zero-order chi connectivity index (χ0) is 20.4. The Morgan fingerprint density at radius 1 is 1.14 bits per heavy atom. The van der Waals surface area contributed by atoms with Crippen molar-refractivity contribution in [3.8, 4) is 0 Å². The first-order valence-electron chi connectivity index (χ1n) is 10.1. The molecule has 1 saturated carbocycles. The number of aliphatic carboxylic acids is 1. The van der Waals surface area contributed by atoms with Crippen LogP contribution in [0.15, 0.2) is 54.6 Å². The molecule has 5 heteroatoms. The van der Waals surface area contributed by atoms with E-state index >= 15 is 0 Å². The number of allylic oxidation sites excluding steroid dienone is 2. The van der Waals surface area contributed by atoms with Gasteiger partial charge in [0, 0.05) is 18.8 Å². The number of hydrogen-bond donors (Lipinski definition) is 4. The Labute approximate surface area is 167 Å². The largest absolute Gasteiger partial charge is 0.481 e. The quantitative estimate of drug-likeness (QED) is 0.345. The van der Waals surface area contributed by atoms with Crippen molar-refractivity contribution < 1.29 is 25.2 Å². The summed E-state index contributed by atoms with van der Waals surface area (Å²) in [5, 5.41) is 39.4. The average Bonchev–Trinajstić information content (AvgIpc) is 2.94. The minimum absolute atomic E-state index is 0.0942. The lowest BCUT2D eigenvalue weighted by molar-refractivity contribution is -0.137. The van der Waals surface area contributed by atoms with Crippen LogP contribution >= 0.6 is 0 Å². The molecule has 0 heterocycles. The maximum absolute atomic E-state index is 10.5. The molecule has 0 aromatic heterocycles. The summed E-state index contributed by atoms with van der Waals surface area (Å²) >= 11 is 0. The van der Waals surface area contributed by atoms with Crippen molar-refractivity contribution in [2.24, 2.45) is 11.8 Å². The standard InChI is InChI=1S/C23H32O5/c24-18(13-12-17-8-4-3-5-9-17)14-15-20-19(21(25)16-22(20)26)10-6-1-2-7-11-23(27)28/h1,3-6,8-9,14-15,18-22,24-26H,2,7,10-13,16H2,(H,27,28)/b6-1+,15-14+/t18-,19+,20+,21-,22+/m0/s1. The average molecular weight is 389 g/mol. The number of carboxylic acids is 1. The van der Waals surface area contributed by atoms with Crippen molar-refractivity contribution in [3.05, 3.63) is 60.2 Å². The fourth-order valence-electron chi connectivity index (χ4n) is 3.76. The highest BCUT2D eigenvalue weighted by atomic mass is 16.4. The maximum atomic E-state index is 10.5. The van der Waals surface area contributed by atoms with Crippen LogP contribution in [-0.4, -0.2) is 44.7 Å². The minimum Gasteiger partial charge on any atom is -0.481 e. The van der Waals surface area contributed by atoms with E-state index in [2.05, 4.69) is 0 Å². The fraction of sp³-hybridized carbons (Fsp3) is 0.522. The van der Waals surface area contributed by atoms with Gasteiger partial charge >= 0.3 is 5.97 Å². The zero-order valence-electron chi connectivity index (χ0n) is 16.2. The summed E-state index contributed by atoms with van der Waals surface area (Å²) < 4.78 is 0. The molecule has 0 unspecified atom stereocenters. The number of benzene rings is 1. The van der Waals surface area contributed by atoms with E-state index < -0.39 is 24.3 Å². The molecule has 28 heavy (non-hydrogen) atoms. The molecule has 1 aromatic rings. The molecule has 4 N–H and O–H groups in total. The lowest BCUT2D eigenvalue weighted by Crippen LogP contribution is -2.20. The molecule has 1 aliphatic carbocycles. The number of aryl methyl sites for hydroxylation is 1. The van der Waals surface area contributed by atoms with Crippen LogP contribution < -0.4 is 0 Å². The van der Waals surface area contributed by atoms with Crippen LogP contribution in [-0.2, 0) is 11.2 Å². The predicted molar refractivity (Wildman–Crippen MR) is 109 cm³/mol. The Bertz CT molecular complexity index is 640. The maximum Gasteiger partial charge on any atom is 0.303 e. The van der Waals surface area contributed by atoms with E-state index in [1.165, 1.54) is 5.56 Å². The SMILES string of the molecule is O=C(O)CCC/C=C/C[C@@H]1[C@@H](/C=C/[C@@H](O)CCc2ccccc2)[C@H](O)C[C@@H]1O. The number of carboxylic acid groups (broad SMARTS) is 1. The summed E-state index contributed by atoms with van der Waals surface area (Å²) in [7, 11) is 0. The van der Waals surface area contributed by atoms with Crippen molar-refractivity contribution in [1.82, 2.24) is 0 Å². The third kappa shape index (κ3) is 7.58. The van der Waals surface area contributed by atoms with Crippen LogP contribution in [0.5, 0.6) is 0 Å². The molecule has 154 valence electrons. The first-order chi connectivity index (χ1) is 13.5. The van der Waals surface area contributed by atoms with Crippen LogP contribution in [0, 0.1) is 11.8 Å². The summed E-state index contributed by atoms with van der Waals surface area (Å²) in [6.07, 6.45) is 9.51. The van der Waals surface area contributed by atoms with Gasteiger partial charge in [0.25, 0.3) is 0 Å². The van der Waals surface area contributed by atoms with Crippen LogP contribution in [0.3, 0.4) is 0 Å². The van der Waals surface area contributed by atoms with Gasteiger partial charge in [0.05, 0.1) is 18.3 Å². The highest BCUT2D eigenvalue weighted by Gasteiger charge is 2.39. The molecular weight excluding hydrogens is 356 g/mol. The first-order valence-corrected chi connectivity index (χ1v) is 10.1. The molecule has 0 bridgehead atoms. The van der Waals surface area contributed by atoms with Crippen molar-refractivity contribution >= 4 is 5.97 Å². The van der Waals surface area contributed by atoms with E-state index in [-0.39, 0.29) is 18.3 Å². The molecule has 0 spiro atoms. The molecule has 0 amide bonds. The van der Waals surface area contributed by atoms with E-state index in [0.717, 1.165) is 6.42 Å². The summed E-state index contributed by atoms with van der Waals surface area (Å²) in [6, 6.07) is 9.99. The number of hydrogen-bond acceptors (Lipinski definition) is 4. The number of carbonyl (C=O) groups is 1. The normalized spacial score (nSPS) is 26.2. The van der Waals surface area contributed by atoms with E-state index in [9.17, 15) is 20.1 Å². The van der Waals surface area contributed by atoms with Crippen LogP contribution in [0.25, 0.3) is 0 Å². The van der Waals surface area contributed by atoms with Gasteiger partial charge < -0.3 is 20.4 Å². The highest BCUT2D eigenvalue weighted by Crippen LogP contribution is 2.36. The second-order valence-corrected chi connectivity index (χ2v) is 7.58. The monoisotopic (exact) mass is 388 g/mol. The third-order valence-electron chi connectivity index (χ3n) is 5.38. The van der Waals surface area contributed by atoms with E-state index in [0.29, 0.717) is 32.1 Å². The van der Waals surface area contributed by atoms with Gasteiger partial charge in [-0.05, 0) is 43.6 Å². The van der Waals surface area contributed by atoms with E-state index in [1.807, 2.05) is 48.6 Å². The van der Waals surface area contributed by atoms with Crippen molar-refractivity contribution in [1.29, 1.82) is 0 Å². The lowest BCUT2D eigenvalue weighted by atomic mass is 9.89. The van der Waals surface area contributed by atoms with Crippen molar-refractivity contribution in [3.63, 3.8) is 0 Å². The molecule has 2 rings (SSSR count). The third-order valence-corrected chi connectivity index (χ3v) is 5.38. The second kappa shape index (κ2) is 11.8. The van der Waals surface area contributed by atoms with Gasteiger partial charge in [0.2, 0.25) is 0 Å². The minimum atomic E-state index is -0.793. The Balaban J connectivity index is 1.82. The Morgan fingerprint density at radius 2 is 1.89 bits per heavy atom. The molecule has 5 nitrogen and oxygen atoms in total. The van der Waals surface area contributed by atoms with E-state index in [1.54, 1.807) is 6.08 Å². The van der Waals surface area contributed by atoms with Gasteiger partial charge in [-0.25, -0.2) is 0 Å². The smallest absolute Gasteiger partial charge is 0.303 e. The molecule has 1 aromatic carbocycles. The van der Waals surface area contributed by atoms with Gasteiger partial charge in [-0.1, -0.05) is 54.6 Å². The topological polar surface area (TPSA) is 98.0 Å². The highest BCUT2D eigenvalue weighted by molar-refractivity contribution is 5.66. The van der Waals surface area contributed by atoms with Crippen LogP contribution in [0.2, 0.25) is 0 Å². The Kier molecular flexibility index (Phi) is 9.41. The Hall–Kier alpha value is -1.95. The van der Waals surface area contributed by atoms with Crippen LogP contribution in [0.1, 0.15) is 44.1 Å². The van der Waals surface area contributed by atoms with Crippen molar-refractivity contribution in [2.45, 2.75) is 63.3 Å². The van der Waals surface area contributed by atoms with Gasteiger partial charge in [0.1, 0.15) is 0 Å². The van der Waals surface area contributed by atoms with E-state index in [4.69, 9.17) is 5.11 Å². The van der Waals surface area contributed by atoms with Crippen LogP contribution in [0.4, 0.5) is 0 Å². The fourth-order valence-corrected chi connectivity index (χ4v) is 3.76. The molecule has 0 radical (unpaired) electrons. The molecule has 5 atom stereocenters. The lowest BCUT2D eigenvalue weighted by Gasteiger charge is -2.19. The summed E-state index contributed by atoms with van der Waals surface area (Å²) in [5.74, 6) is -1.08. The van der Waals surface area contributed by atoms with Gasteiger partial charge in [-0.15, -0.1) is 0 Å². The first kappa shape index (κ1) is 22.3. The van der Waals surface area contributed by atoms with Gasteiger partial charge in [-0.3, -0.25) is 4.79 Å². The van der Waals surface area contributed by atoms with Gasteiger partial charge in [0.15, 0.2) is 0 Å². The number of aliphatic hydroxyl groups is 3. The zero-order valence-corrected chi connectivity index (χ0v) is 16.2. The molecular formula is C23H32O5. The summed E-state index contributed by atoms with van der Waals surface area (Å²) in [5.41, 5.74) is 1.18. The Morgan fingerprint density at radius 3 is 2.61 bits per heavy atom. The number of rotatable bonds is 11. The molecule has 0 saturated heterocycles. The van der Waals surface area contributed by atoms with Gasteiger partial charge in [-0.2, -0.15) is 0 Å². The van der Waals surface area contributed by atoms with Crippen molar-refractivity contribution in [2.75, 3.05) is 0 Å². The second-order valence-electron chi connectivity index (χ2n) is 7.58. The summed E-state index contributed by atoms with van der Waals surface area (Å²) in [6.45, 7) is 0. The predicted octanol–water partition coefficient (Wildman–Crippen LogP) is 3.10. The number of aliphatic hydroxyl groups excluding tert-OH is 3.